The molecular formula is C8H6B2O2. The van der Waals surface area contributed by atoms with E-state index in [4.69, 9.17) is 13.0 Å². The minimum atomic E-state index is -0.981. The summed E-state index contributed by atoms with van der Waals surface area (Å²) < 4.78 is 0. The Labute approximate surface area is 72.5 Å². The van der Waals surface area contributed by atoms with Gasteiger partial charge in [-0.25, -0.2) is 0 Å². The van der Waals surface area contributed by atoms with Crippen LogP contribution in [0, 0.1) is 0 Å². The molecule has 2 nitrogen and oxygen atoms in total. The van der Waals surface area contributed by atoms with Gasteiger partial charge < -0.3 is 0 Å². The molecule has 56 valence electrons. The monoisotopic (exact) mass is 156 g/mol. The molecule has 0 aliphatic carbocycles. The van der Waals surface area contributed by atoms with Gasteiger partial charge in [0.05, 0.1) is 0 Å². The number of carboxylic acids is 1. The molecule has 0 heterocycles. The van der Waals surface area contributed by atoms with E-state index >= 15 is 0 Å². The fourth-order valence-corrected chi connectivity index (χ4v) is 0.918. The molecule has 0 amide bonds. The zero-order valence-electron chi connectivity index (χ0n) is 6.45. The standard InChI is InChI=1S/C8H6B2O2/c1-10-7-3-5(8(11)12)2-6(9)4-7/h2-4H,1H2,(H,11,12). The third-order valence-electron chi connectivity index (χ3n) is 1.46. The van der Waals surface area contributed by atoms with Crippen LogP contribution >= 0.6 is 0 Å². The Morgan fingerprint density at radius 2 is 2.17 bits per heavy atom. The summed E-state index contributed by atoms with van der Waals surface area (Å²) in [5.41, 5.74) is 1.34. The Morgan fingerprint density at radius 3 is 2.67 bits per heavy atom. The summed E-state index contributed by atoms with van der Waals surface area (Å²) in [6.07, 6.45) is 0. The molecule has 0 saturated carbocycles. The first-order valence-corrected chi connectivity index (χ1v) is 3.40. The number of hydrogen-bond acceptors (Lipinski definition) is 1. The zero-order valence-corrected chi connectivity index (χ0v) is 6.45. The fraction of sp³-hybridized carbons (Fsp3) is 0. The van der Waals surface area contributed by atoms with E-state index in [1.807, 2.05) is 0 Å². The predicted octanol–water partition coefficient (Wildman–Crippen LogP) is -1.06. The van der Waals surface area contributed by atoms with Crippen molar-refractivity contribution in [1.82, 2.24) is 0 Å². The van der Waals surface area contributed by atoms with Gasteiger partial charge in [0, 0.05) is 0 Å². The van der Waals surface area contributed by atoms with Gasteiger partial charge >= 0.3 is 71.8 Å². The molecule has 0 aliphatic rings. The molecule has 4 heteroatoms. The molecule has 0 aliphatic heterocycles. The van der Waals surface area contributed by atoms with Crippen molar-refractivity contribution in [2.45, 2.75) is 0 Å². The van der Waals surface area contributed by atoms with E-state index in [0.29, 0.717) is 10.9 Å². The summed E-state index contributed by atoms with van der Waals surface area (Å²) in [6.45, 7) is 5.08. The second-order valence-corrected chi connectivity index (χ2v) is 2.40. The number of rotatable bonds is 2. The summed E-state index contributed by atoms with van der Waals surface area (Å²) in [5, 5.41) is 8.64. The summed E-state index contributed by atoms with van der Waals surface area (Å²) in [7, 11) is 5.46. The van der Waals surface area contributed by atoms with E-state index < -0.39 is 5.97 Å². The van der Waals surface area contributed by atoms with Crippen molar-refractivity contribution in [3.05, 3.63) is 23.8 Å². The molecule has 2 radical (unpaired) electrons. The molecule has 0 spiro atoms. The Morgan fingerprint density at radius 1 is 1.50 bits per heavy atom. The SMILES string of the molecule is [B]c1cc(B=C)cc(C(=O)O)c1. The molecule has 1 rings (SSSR count). The van der Waals surface area contributed by atoms with Gasteiger partial charge in [-0.2, -0.15) is 0 Å². The van der Waals surface area contributed by atoms with Gasteiger partial charge in [-0.15, -0.1) is 0 Å². The maximum atomic E-state index is 10.5. The van der Waals surface area contributed by atoms with E-state index in [2.05, 4.69) is 6.47 Å². The van der Waals surface area contributed by atoms with Crippen LogP contribution in [0.3, 0.4) is 0 Å². The van der Waals surface area contributed by atoms with Crippen LogP contribution in [0.25, 0.3) is 0 Å². The first-order chi connectivity index (χ1) is 5.63. The molecule has 1 aromatic rings. The molecule has 0 bridgehead atoms. The van der Waals surface area contributed by atoms with Crippen LogP contribution in [-0.2, 0) is 0 Å². The van der Waals surface area contributed by atoms with Crippen LogP contribution in [0.5, 0.6) is 0 Å². The molecular weight excluding hydrogens is 150 g/mol. The topological polar surface area (TPSA) is 37.3 Å². The van der Waals surface area contributed by atoms with Crippen molar-refractivity contribution in [2.75, 3.05) is 0 Å². The van der Waals surface area contributed by atoms with Gasteiger partial charge in [0.1, 0.15) is 0 Å². The number of benzene rings is 1. The van der Waals surface area contributed by atoms with E-state index in [9.17, 15) is 4.79 Å². The van der Waals surface area contributed by atoms with E-state index in [-0.39, 0.29) is 5.56 Å². The van der Waals surface area contributed by atoms with Gasteiger partial charge in [0.15, 0.2) is 0 Å². The van der Waals surface area contributed by atoms with Crippen LogP contribution in [-0.4, -0.2) is 32.3 Å². The van der Waals surface area contributed by atoms with Gasteiger partial charge in [-0.05, 0) is 0 Å². The normalized spacial score (nSPS) is 9.00. The Kier molecular flexibility index (Phi) is 2.48. The molecule has 1 aromatic carbocycles. The Hall–Kier alpha value is -1.31. The Bertz CT molecular complexity index is 334. The number of carbonyl (C=O) groups is 1. The molecule has 1 N–H and O–H groups in total. The van der Waals surface area contributed by atoms with Gasteiger partial charge in [0.2, 0.25) is 0 Å². The maximum absolute atomic E-state index is 10.5. The minimum absolute atomic E-state index is 0.185. The van der Waals surface area contributed by atoms with Crippen LogP contribution in [0.2, 0.25) is 0 Å². The third-order valence-corrected chi connectivity index (χ3v) is 1.46. The van der Waals surface area contributed by atoms with E-state index in [1.165, 1.54) is 12.1 Å². The molecule has 0 fully saturated rings. The van der Waals surface area contributed by atoms with Crippen molar-refractivity contribution < 1.29 is 9.90 Å². The van der Waals surface area contributed by atoms with Crippen LogP contribution in [0.4, 0.5) is 0 Å². The second kappa shape index (κ2) is 3.39. The van der Waals surface area contributed by atoms with Crippen molar-refractivity contribution >= 4 is 38.1 Å². The summed E-state index contributed by atoms with van der Waals surface area (Å²) >= 11 is 0. The fourth-order valence-electron chi connectivity index (χ4n) is 0.918. The third kappa shape index (κ3) is 1.84. The summed E-state index contributed by atoms with van der Waals surface area (Å²) in [6, 6.07) is 4.60. The first kappa shape index (κ1) is 8.78. The number of carboxylic acid groups (broad SMARTS) is 1. The zero-order chi connectivity index (χ0) is 9.14. The van der Waals surface area contributed by atoms with Crippen molar-refractivity contribution in [1.29, 1.82) is 0 Å². The van der Waals surface area contributed by atoms with Crippen LogP contribution in [0.1, 0.15) is 10.4 Å². The van der Waals surface area contributed by atoms with E-state index in [0.717, 1.165) is 0 Å². The molecule has 0 atom stereocenters. The summed E-state index contributed by atoms with van der Waals surface area (Å²) in [5.74, 6) is -0.981. The molecule has 0 unspecified atom stereocenters. The number of aromatic carboxylic acids is 1. The summed E-state index contributed by atoms with van der Waals surface area (Å²) in [4.78, 5) is 10.5. The average Bonchev–Trinajstić information content (AvgIpc) is 2.03. The first-order valence-electron chi connectivity index (χ1n) is 3.40. The van der Waals surface area contributed by atoms with Crippen molar-refractivity contribution in [3.63, 3.8) is 0 Å². The quantitative estimate of drug-likeness (QED) is 0.554. The molecule has 0 aromatic heterocycles. The average molecular weight is 156 g/mol. The second-order valence-electron chi connectivity index (χ2n) is 2.40. The van der Waals surface area contributed by atoms with E-state index in [1.54, 1.807) is 13.0 Å². The van der Waals surface area contributed by atoms with Gasteiger partial charge in [0.25, 0.3) is 0 Å². The predicted molar refractivity (Wildman–Crippen MR) is 51.3 cm³/mol. The van der Waals surface area contributed by atoms with Gasteiger partial charge in [-0.1, -0.05) is 0 Å². The van der Waals surface area contributed by atoms with Crippen LogP contribution < -0.4 is 10.9 Å². The van der Waals surface area contributed by atoms with Crippen LogP contribution in [0.15, 0.2) is 18.2 Å². The van der Waals surface area contributed by atoms with Crippen molar-refractivity contribution in [2.24, 2.45) is 0 Å². The number of hydrogen-bond donors (Lipinski definition) is 1. The van der Waals surface area contributed by atoms with Crippen molar-refractivity contribution in [3.8, 4) is 0 Å². The molecule has 12 heavy (non-hydrogen) atoms. The Balaban J connectivity index is 3.23. The molecule has 0 saturated heterocycles. The van der Waals surface area contributed by atoms with Gasteiger partial charge in [-0.3, -0.25) is 0 Å².